The van der Waals surface area contributed by atoms with Gasteiger partial charge in [0.15, 0.2) is 0 Å². The van der Waals surface area contributed by atoms with E-state index >= 15 is 0 Å². The SMILES string of the molecule is Nc1cc2c(c(S(=O)(=O)N3CC[C@@H](O)C3)c1)OCCC2. The molecule has 110 valence electrons. The Hall–Kier alpha value is -1.31. The van der Waals surface area contributed by atoms with E-state index in [0.717, 1.165) is 18.4 Å². The summed E-state index contributed by atoms with van der Waals surface area (Å²) >= 11 is 0. The first-order chi connectivity index (χ1) is 9.48. The number of aryl methyl sites for hydroxylation is 1. The highest BCUT2D eigenvalue weighted by molar-refractivity contribution is 7.89. The number of aliphatic hydroxyl groups is 1. The van der Waals surface area contributed by atoms with Crippen molar-refractivity contribution >= 4 is 15.7 Å². The normalized spacial score (nSPS) is 23.4. The molecule has 0 spiro atoms. The van der Waals surface area contributed by atoms with Crippen LogP contribution in [0.5, 0.6) is 5.75 Å². The number of nitrogens with zero attached hydrogens (tertiary/aromatic N) is 1. The summed E-state index contributed by atoms with van der Waals surface area (Å²) < 4.78 is 32.2. The highest BCUT2D eigenvalue weighted by atomic mass is 32.2. The predicted molar refractivity (Wildman–Crippen MR) is 74.1 cm³/mol. The molecule has 3 rings (SSSR count). The zero-order chi connectivity index (χ0) is 14.3. The number of anilines is 1. The third kappa shape index (κ3) is 2.25. The molecule has 2 aliphatic rings. The summed E-state index contributed by atoms with van der Waals surface area (Å²) in [5.74, 6) is 0.423. The van der Waals surface area contributed by atoms with E-state index in [0.29, 0.717) is 31.0 Å². The molecule has 1 aromatic carbocycles. The predicted octanol–water partition coefficient (Wildman–Crippen LogP) is 0.349. The molecule has 0 amide bonds. The number of nitrogens with two attached hydrogens (primary N) is 1. The summed E-state index contributed by atoms with van der Waals surface area (Å²) in [6.45, 7) is 0.973. The largest absolute Gasteiger partial charge is 0.492 e. The van der Waals surface area contributed by atoms with Crippen LogP contribution in [0.2, 0.25) is 0 Å². The maximum Gasteiger partial charge on any atom is 0.246 e. The van der Waals surface area contributed by atoms with Gasteiger partial charge in [-0.2, -0.15) is 4.31 Å². The summed E-state index contributed by atoms with van der Waals surface area (Å²) in [4.78, 5) is 0.126. The van der Waals surface area contributed by atoms with Gasteiger partial charge in [-0.25, -0.2) is 8.42 Å². The first-order valence-electron chi connectivity index (χ1n) is 6.72. The maximum absolute atomic E-state index is 12.7. The van der Waals surface area contributed by atoms with E-state index in [1.165, 1.54) is 10.4 Å². The Morgan fingerprint density at radius 3 is 2.90 bits per heavy atom. The van der Waals surface area contributed by atoms with Gasteiger partial charge in [-0.15, -0.1) is 0 Å². The van der Waals surface area contributed by atoms with Crippen molar-refractivity contribution < 1.29 is 18.3 Å². The van der Waals surface area contributed by atoms with Crippen LogP contribution in [-0.2, 0) is 16.4 Å². The van der Waals surface area contributed by atoms with Gasteiger partial charge in [0.2, 0.25) is 10.0 Å². The Balaban J connectivity index is 2.07. The molecule has 0 bridgehead atoms. The van der Waals surface area contributed by atoms with Gasteiger partial charge in [-0.1, -0.05) is 0 Å². The van der Waals surface area contributed by atoms with Crippen LogP contribution in [0.15, 0.2) is 17.0 Å². The fraction of sp³-hybridized carbons (Fsp3) is 0.538. The lowest BCUT2D eigenvalue weighted by molar-refractivity contribution is 0.189. The van der Waals surface area contributed by atoms with Gasteiger partial charge in [-0.05, 0) is 37.0 Å². The molecule has 1 fully saturated rings. The van der Waals surface area contributed by atoms with E-state index < -0.39 is 16.1 Å². The second-order valence-electron chi connectivity index (χ2n) is 5.26. The van der Waals surface area contributed by atoms with E-state index in [-0.39, 0.29) is 11.4 Å². The lowest BCUT2D eigenvalue weighted by atomic mass is 10.1. The van der Waals surface area contributed by atoms with Gasteiger partial charge in [0, 0.05) is 18.8 Å². The van der Waals surface area contributed by atoms with E-state index in [1.54, 1.807) is 6.07 Å². The Kier molecular flexibility index (Phi) is 3.35. The van der Waals surface area contributed by atoms with Crippen LogP contribution in [0.1, 0.15) is 18.4 Å². The van der Waals surface area contributed by atoms with E-state index in [9.17, 15) is 13.5 Å². The number of sulfonamides is 1. The molecular formula is C13H18N2O4S. The molecule has 0 aromatic heterocycles. The Morgan fingerprint density at radius 2 is 2.20 bits per heavy atom. The second-order valence-corrected chi connectivity index (χ2v) is 7.17. The molecule has 0 aliphatic carbocycles. The highest BCUT2D eigenvalue weighted by Gasteiger charge is 2.35. The standard InChI is InChI=1S/C13H18N2O4S/c14-10-6-9-2-1-5-19-13(9)12(7-10)20(17,18)15-4-3-11(16)8-15/h6-7,11,16H,1-5,8,14H2/t11-/m1/s1. The topological polar surface area (TPSA) is 92.9 Å². The number of nitrogen functional groups attached to an aromatic ring is 1. The molecule has 7 heteroatoms. The molecule has 2 heterocycles. The van der Waals surface area contributed by atoms with Crippen LogP contribution in [0, 0.1) is 0 Å². The van der Waals surface area contributed by atoms with Crippen molar-refractivity contribution in [3.63, 3.8) is 0 Å². The summed E-state index contributed by atoms with van der Waals surface area (Å²) in [6, 6.07) is 3.22. The smallest absolute Gasteiger partial charge is 0.246 e. The number of rotatable bonds is 2. The molecule has 20 heavy (non-hydrogen) atoms. The first-order valence-corrected chi connectivity index (χ1v) is 8.16. The highest BCUT2D eigenvalue weighted by Crippen LogP contribution is 2.36. The fourth-order valence-corrected chi connectivity index (χ4v) is 4.43. The van der Waals surface area contributed by atoms with Crippen molar-refractivity contribution in [2.45, 2.75) is 30.3 Å². The maximum atomic E-state index is 12.7. The molecule has 1 aromatic rings. The van der Waals surface area contributed by atoms with Gasteiger partial charge < -0.3 is 15.6 Å². The van der Waals surface area contributed by atoms with Gasteiger partial charge in [0.1, 0.15) is 10.6 Å². The molecule has 6 nitrogen and oxygen atoms in total. The minimum atomic E-state index is -3.67. The van der Waals surface area contributed by atoms with Crippen molar-refractivity contribution in [3.8, 4) is 5.75 Å². The number of hydrogen-bond donors (Lipinski definition) is 2. The molecule has 2 aliphatic heterocycles. The van der Waals surface area contributed by atoms with E-state index in [4.69, 9.17) is 10.5 Å². The van der Waals surface area contributed by atoms with Crippen LogP contribution < -0.4 is 10.5 Å². The van der Waals surface area contributed by atoms with Crippen LogP contribution in [0.3, 0.4) is 0 Å². The van der Waals surface area contributed by atoms with Crippen molar-refractivity contribution in [2.24, 2.45) is 0 Å². The minimum absolute atomic E-state index is 0.126. The van der Waals surface area contributed by atoms with E-state index in [2.05, 4.69) is 0 Å². The van der Waals surface area contributed by atoms with Crippen LogP contribution >= 0.6 is 0 Å². The fourth-order valence-electron chi connectivity index (χ4n) is 2.73. The molecule has 1 saturated heterocycles. The number of aliphatic hydroxyl groups excluding tert-OH is 1. The zero-order valence-corrected chi connectivity index (χ0v) is 11.9. The minimum Gasteiger partial charge on any atom is -0.492 e. The molecular weight excluding hydrogens is 280 g/mol. The van der Waals surface area contributed by atoms with Gasteiger partial charge in [0.05, 0.1) is 12.7 Å². The lowest BCUT2D eigenvalue weighted by Crippen LogP contribution is -2.30. The molecule has 1 atom stereocenters. The monoisotopic (exact) mass is 298 g/mol. The number of fused-ring (bicyclic) bond motifs is 1. The molecule has 0 saturated carbocycles. The van der Waals surface area contributed by atoms with E-state index in [1.807, 2.05) is 0 Å². The van der Waals surface area contributed by atoms with Crippen molar-refractivity contribution in [1.29, 1.82) is 0 Å². The second kappa shape index (κ2) is 4.91. The number of hydrogen-bond acceptors (Lipinski definition) is 5. The summed E-state index contributed by atoms with van der Waals surface area (Å²) in [5.41, 5.74) is 7.08. The first kappa shape index (κ1) is 13.7. The van der Waals surface area contributed by atoms with Crippen LogP contribution in [0.25, 0.3) is 0 Å². The van der Waals surface area contributed by atoms with Crippen molar-refractivity contribution in [2.75, 3.05) is 25.4 Å². The number of benzene rings is 1. The number of β-amino-alcohol motifs (C(OH)–C–C–N with tert-alkyl or cyclic N) is 1. The van der Waals surface area contributed by atoms with Gasteiger partial charge in [0.25, 0.3) is 0 Å². The Bertz CT molecular complexity index is 630. The van der Waals surface area contributed by atoms with Crippen LogP contribution in [-0.4, -0.2) is 43.6 Å². The quantitative estimate of drug-likeness (QED) is 0.769. The molecule has 0 radical (unpaired) electrons. The van der Waals surface area contributed by atoms with Crippen molar-refractivity contribution in [1.82, 2.24) is 4.31 Å². The third-order valence-electron chi connectivity index (χ3n) is 3.73. The number of ether oxygens (including phenoxy) is 1. The average Bonchev–Trinajstić information content (AvgIpc) is 2.85. The zero-order valence-electron chi connectivity index (χ0n) is 11.1. The summed E-state index contributed by atoms with van der Waals surface area (Å²) in [7, 11) is -3.67. The Morgan fingerprint density at radius 1 is 1.40 bits per heavy atom. The lowest BCUT2D eigenvalue weighted by Gasteiger charge is -2.23. The van der Waals surface area contributed by atoms with Crippen molar-refractivity contribution in [3.05, 3.63) is 17.7 Å². The Labute approximate surface area is 118 Å². The van der Waals surface area contributed by atoms with Crippen LogP contribution in [0.4, 0.5) is 5.69 Å². The summed E-state index contributed by atoms with van der Waals surface area (Å²) in [6.07, 6.45) is 1.50. The van der Waals surface area contributed by atoms with Gasteiger partial charge >= 0.3 is 0 Å². The molecule has 3 N–H and O–H groups in total. The van der Waals surface area contributed by atoms with Gasteiger partial charge in [-0.3, -0.25) is 0 Å². The molecule has 0 unspecified atom stereocenters. The average molecular weight is 298 g/mol. The summed E-state index contributed by atoms with van der Waals surface area (Å²) in [5, 5.41) is 9.54. The third-order valence-corrected chi connectivity index (χ3v) is 5.61.